The molecule has 72 valence electrons. The maximum atomic E-state index is 10.2. The average Bonchev–Trinajstić information content (AvgIpc) is 2.17. The molecule has 1 rings (SSSR count). The minimum atomic E-state index is -1.05. The summed E-state index contributed by atoms with van der Waals surface area (Å²) in [4.78, 5) is 5.68. The van der Waals surface area contributed by atoms with Crippen LogP contribution < -0.4 is 0 Å². The van der Waals surface area contributed by atoms with Crippen molar-refractivity contribution in [2.75, 3.05) is 14.1 Å². The molecule has 1 atom stereocenters. The highest BCUT2D eigenvalue weighted by atomic mass is 16.3. The zero-order chi connectivity index (χ0) is 9.90. The van der Waals surface area contributed by atoms with Crippen LogP contribution in [0.25, 0.3) is 0 Å². The quantitative estimate of drug-likeness (QED) is 0.666. The molecular formula is C8H14N4O. The van der Waals surface area contributed by atoms with Gasteiger partial charge >= 0.3 is 0 Å². The Kier molecular flexibility index (Phi) is 2.90. The summed E-state index contributed by atoms with van der Waals surface area (Å²) in [6, 6.07) is 0. The molecule has 0 aliphatic heterocycles. The smallest absolute Gasteiger partial charge is 0.162 e. The van der Waals surface area contributed by atoms with Crippen molar-refractivity contribution < 1.29 is 5.11 Å². The first-order valence-electron chi connectivity index (χ1n) is 4.14. The minimum Gasteiger partial charge on any atom is -0.370 e. The second kappa shape index (κ2) is 3.76. The highest BCUT2D eigenvalue weighted by Crippen LogP contribution is 2.23. The molecule has 0 saturated heterocycles. The van der Waals surface area contributed by atoms with Crippen LogP contribution in [0.3, 0.4) is 0 Å². The van der Waals surface area contributed by atoms with Crippen molar-refractivity contribution in [2.45, 2.75) is 19.1 Å². The molecule has 1 N–H and O–H groups in total. The fourth-order valence-electron chi connectivity index (χ4n) is 1.17. The van der Waals surface area contributed by atoms with Crippen LogP contribution in [-0.4, -0.2) is 39.3 Å². The number of aliphatic hydroxyl groups is 1. The molecule has 1 aromatic heterocycles. The molecule has 0 aliphatic rings. The Bertz CT molecular complexity index is 264. The van der Waals surface area contributed by atoms with Gasteiger partial charge in [-0.25, -0.2) is 4.98 Å². The van der Waals surface area contributed by atoms with Crippen LogP contribution in [-0.2, 0) is 5.72 Å². The highest BCUT2D eigenvalue weighted by molar-refractivity contribution is 5.04. The summed E-state index contributed by atoms with van der Waals surface area (Å²) in [6.07, 6.45) is 3.36. The molecule has 0 radical (unpaired) electrons. The van der Waals surface area contributed by atoms with Crippen molar-refractivity contribution in [3.05, 3.63) is 18.2 Å². The molecule has 0 bridgehead atoms. The second-order valence-corrected chi connectivity index (χ2v) is 3.05. The number of nitrogens with zero attached hydrogens (tertiary/aromatic N) is 4. The lowest BCUT2D eigenvalue weighted by atomic mass is 10.1. The van der Waals surface area contributed by atoms with Gasteiger partial charge in [-0.3, -0.25) is 4.90 Å². The Morgan fingerprint density at radius 3 is 2.54 bits per heavy atom. The Morgan fingerprint density at radius 1 is 1.46 bits per heavy atom. The zero-order valence-corrected chi connectivity index (χ0v) is 8.10. The van der Waals surface area contributed by atoms with Crippen molar-refractivity contribution in [2.24, 2.45) is 0 Å². The predicted molar refractivity (Wildman–Crippen MR) is 47.7 cm³/mol. The zero-order valence-electron chi connectivity index (χ0n) is 8.10. The van der Waals surface area contributed by atoms with Gasteiger partial charge in [-0.15, -0.1) is 5.10 Å². The van der Waals surface area contributed by atoms with Crippen LogP contribution in [0.15, 0.2) is 12.5 Å². The van der Waals surface area contributed by atoms with Crippen LogP contribution in [0.2, 0.25) is 0 Å². The van der Waals surface area contributed by atoms with E-state index in [1.165, 1.54) is 12.5 Å². The Balaban J connectivity index is 3.03. The molecule has 5 heteroatoms. The first-order chi connectivity index (χ1) is 6.11. The van der Waals surface area contributed by atoms with Gasteiger partial charge in [0.25, 0.3) is 0 Å². The summed E-state index contributed by atoms with van der Waals surface area (Å²) >= 11 is 0. The maximum Gasteiger partial charge on any atom is 0.162 e. The molecule has 1 unspecified atom stereocenters. The van der Waals surface area contributed by atoms with Gasteiger partial charge in [0.05, 0.1) is 6.20 Å². The summed E-state index contributed by atoms with van der Waals surface area (Å²) in [5.74, 6) is 0. The molecule has 1 heterocycles. The number of hydrogen-bond donors (Lipinski definition) is 1. The lowest BCUT2D eigenvalue weighted by Crippen LogP contribution is -2.41. The summed E-state index contributed by atoms with van der Waals surface area (Å²) in [7, 11) is 3.59. The van der Waals surface area contributed by atoms with Crippen molar-refractivity contribution in [1.29, 1.82) is 0 Å². The van der Waals surface area contributed by atoms with E-state index in [2.05, 4.69) is 15.2 Å². The molecule has 0 amide bonds. The van der Waals surface area contributed by atoms with Gasteiger partial charge in [0.2, 0.25) is 0 Å². The third-order valence-corrected chi connectivity index (χ3v) is 2.14. The van der Waals surface area contributed by atoms with Crippen LogP contribution in [0, 0.1) is 0 Å². The highest BCUT2D eigenvalue weighted by Gasteiger charge is 2.31. The van der Waals surface area contributed by atoms with E-state index in [1.54, 1.807) is 19.0 Å². The summed E-state index contributed by atoms with van der Waals surface area (Å²) in [5.41, 5.74) is -0.523. The third kappa shape index (κ3) is 1.81. The minimum absolute atomic E-state index is 0.523. The SMILES string of the molecule is CCC(O)(c1cnncn1)N(C)C. The lowest BCUT2D eigenvalue weighted by molar-refractivity contribution is -0.0961. The fourth-order valence-corrected chi connectivity index (χ4v) is 1.17. The Labute approximate surface area is 77.4 Å². The number of hydrogen-bond acceptors (Lipinski definition) is 5. The van der Waals surface area contributed by atoms with E-state index in [-0.39, 0.29) is 0 Å². The van der Waals surface area contributed by atoms with Crippen LogP contribution >= 0.6 is 0 Å². The van der Waals surface area contributed by atoms with Crippen LogP contribution in [0.5, 0.6) is 0 Å². The second-order valence-electron chi connectivity index (χ2n) is 3.05. The first kappa shape index (κ1) is 10.0. The van der Waals surface area contributed by atoms with E-state index in [1.807, 2.05) is 6.92 Å². The molecule has 0 aliphatic carbocycles. The number of aromatic nitrogens is 3. The van der Waals surface area contributed by atoms with Gasteiger partial charge in [-0.05, 0) is 20.5 Å². The monoisotopic (exact) mass is 182 g/mol. The lowest BCUT2D eigenvalue weighted by Gasteiger charge is -2.32. The van der Waals surface area contributed by atoms with Gasteiger partial charge in [0.1, 0.15) is 12.0 Å². The van der Waals surface area contributed by atoms with E-state index >= 15 is 0 Å². The number of rotatable bonds is 3. The Hall–Kier alpha value is -1.07. The maximum absolute atomic E-state index is 10.2. The topological polar surface area (TPSA) is 62.1 Å². The molecular weight excluding hydrogens is 168 g/mol. The van der Waals surface area contributed by atoms with Gasteiger partial charge < -0.3 is 5.11 Å². The molecule has 0 fully saturated rings. The average molecular weight is 182 g/mol. The normalized spacial score (nSPS) is 15.8. The molecule has 13 heavy (non-hydrogen) atoms. The van der Waals surface area contributed by atoms with Crippen LogP contribution in [0.1, 0.15) is 19.0 Å². The summed E-state index contributed by atoms with van der Waals surface area (Å²) in [6.45, 7) is 1.89. The third-order valence-electron chi connectivity index (χ3n) is 2.14. The summed E-state index contributed by atoms with van der Waals surface area (Å²) < 4.78 is 0. The van der Waals surface area contributed by atoms with Gasteiger partial charge in [0, 0.05) is 0 Å². The van der Waals surface area contributed by atoms with Crippen LogP contribution in [0.4, 0.5) is 0 Å². The largest absolute Gasteiger partial charge is 0.370 e. The van der Waals surface area contributed by atoms with Crippen molar-refractivity contribution in [1.82, 2.24) is 20.1 Å². The van der Waals surface area contributed by atoms with E-state index in [0.717, 1.165) is 0 Å². The van der Waals surface area contributed by atoms with Gasteiger partial charge in [-0.2, -0.15) is 5.10 Å². The standard InChI is InChI=1S/C8H14N4O/c1-4-8(13,12(2)3)7-5-10-11-6-9-7/h5-6,13H,4H2,1-3H3. The van der Waals surface area contributed by atoms with Crippen molar-refractivity contribution >= 4 is 0 Å². The molecule has 5 nitrogen and oxygen atoms in total. The van der Waals surface area contributed by atoms with Gasteiger partial charge in [0.15, 0.2) is 5.72 Å². The van der Waals surface area contributed by atoms with E-state index in [4.69, 9.17) is 0 Å². The molecule has 1 aromatic rings. The van der Waals surface area contributed by atoms with E-state index in [0.29, 0.717) is 12.1 Å². The van der Waals surface area contributed by atoms with Crippen molar-refractivity contribution in [3.63, 3.8) is 0 Å². The van der Waals surface area contributed by atoms with Crippen molar-refractivity contribution in [3.8, 4) is 0 Å². The summed E-state index contributed by atoms with van der Waals surface area (Å²) in [5, 5.41) is 17.4. The Morgan fingerprint density at radius 2 is 2.15 bits per heavy atom. The molecule has 0 spiro atoms. The fraction of sp³-hybridized carbons (Fsp3) is 0.625. The molecule has 0 aromatic carbocycles. The van der Waals surface area contributed by atoms with E-state index < -0.39 is 5.72 Å². The van der Waals surface area contributed by atoms with Gasteiger partial charge in [-0.1, -0.05) is 6.92 Å². The predicted octanol–water partition coefficient (Wildman–Crippen LogP) is -0.0117. The molecule has 0 saturated carbocycles. The first-order valence-corrected chi connectivity index (χ1v) is 4.14. The van der Waals surface area contributed by atoms with E-state index in [9.17, 15) is 5.11 Å².